The molecule has 1 heterocycles. The molecule has 1 amide bonds. The summed E-state index contributed by atoms with van der Waals surface area (Å²) in [6.45, 7) is 7.21. The molecule has 132 valence electrons. The van der Waals surface area contributed by atoms with Crippen molar-refractivity contribution in [1.29, 1.82) is 0 Å². The van der Waals surface area contributed by atoms with E-state index in [0.717, 1.165) is 11.3 Å². The fraction of sp³-hybridized carbons (Fsp3) is 0.500. The van der Waals surface area contributed by atoms with E-state index in [0.29, 0.717) is 38.2 Å². The molecule has 2 atom stereocenters. The molecule has 0 aliphatic carbocycles. The summed E-state index contributed by atoms with van der Waals surface area (Å²) in [5, 5.41) is 12.6. The second-order valence-corrected chi connectivity index (χ2v) is 6.15. The minimum Gasteiger partial charge on any atom is -0.491 e. The maximum absolute atomic E-state index is 12.5. The van der Waals surface area contributed by atoms with Crippen LogP contribution in [0.1, 0.15) is 25.3 Å². The van der Waals surface area contributed by atoms with Gasteiger partial charge in [0.15, 0.2) is 0 Å². The summed E-state index contributed by atoms with van der Waals surface area (Å²) in [6, 6.07) is 7.36. The molecule has 0 radical (unpaired) electrons. The number of hydrogen-bond acceptors (Lipinski definition) is 5. The predicted octanol–water partition coefficient (Wildman–Crippen LogP) is 0.999. The SMILES string of the molecule is C=C(N[C@H](CO)CCC(=O)N1CCOc2ccccc2C1)[C@H](C)N. The van der Waals surface area contributed by atoms with Crippen LogP contribution in [0.15, 0.2) is 36.5 Å². The number of carbonyl (C=O) groups excluding carboxylic acids is 1. The number of nitrogens with zero attached hydrogens (tertiary/aromatic N) is 1. The first kappa shape index (κ1) is 18.3. The van der Waals surface area contributed by atoms with Crippen LogP contribution in [-0.2, 0) is 11.3 Å². The molecule has 2 rings (SSSR count). The Bertz CT molecular complexity index is 574. The van der Waals surface area contributed by atoms with Crippen LogP contribution in [-0.4, -0.2) is 47.8 Å². The average molecular weight is 333 g/mol. The van der Waals surface area contributed by atoms with Crippen molar-refractivity contribution in [2.75, 3.05) is 19.8 Å². The van der Waals surface area contributed by atoms with Gasteiger partial charge in [-0.2, -0.15) is 0 Å². The van der Waals surface area contributed by atoms with Crippen molar-refractivity contribution in [1.82, 2.24) is 10.2 Å². The van der Waals surface area contributed by atoms with Crippen molar-refractivity contribution in [2.24, 2.45) is 5.73 Å². The molecular weight excluding hydrogens is 306 g/mol. The first-order valence-electron chi connectivity index (χ1n) is 8.31. The Labute approximate surface area is 143 Å². The van der Waals surface area contributed by atoms with Crippen molar-refractivity contribution in [3.8, 4) is 5.75 Å². The van der Waals surface area contributed by atoms with Gasteiger partial charge in [-0.05, 0) is 19.4 Å². The van der Waals surface area contributed by atoms with Gasteiger partial charge in [0.2, 0.25) is 5.91 Å². The second-order valence-electron chi connectivity index (χ2n) is 6.15. The molecule has 1 aromatic rings. The van der Waals surface area contributed by atoms with Crippen LogP contribution in [0.4, 0.5) is 0 Å². The van der Waals surface area contributed by atoms with Crippen LogP contribution < -0.4 is 15.8 Å². The Morgan fingerprint density at radius 1 is 1.50 bits per heavy atom. The van der Waals surface area contributed by atoms with Crippen molar-refractivity contribution in [3.05, 3.63) is 42.1 Å². The van der Waals surface area contributed by atoms with E-state index in [1.54, 1.807) is 4.90 Å². The summed E-state index contributed by atoms with van der Waals surface area (Å²) < 4.78 is 5.68. The van der Waals surface area contributed by atoms with Crippen LogP contribution in [0, 0.1) is 0 Å². The van der Waals surface area contributed by atoms with Crippen LogP contribution in [0.5, 0.6) is 5.75 Å². The molecule has 4 N–H and O–H groups in total. The van der Waals surface area contributed by atoms with Crippen molar-refractivity contribution >= 4 is 5.91 Å². The lowest BCUT2D eigenvalue weighted by molar-refractivity contribution is -0.132. The van der Waals surface area contributed by atoms with E-state index >= 15 is 0 Å². The van der Waals surface area contributed by atoms with E-state index in [-0.39, 0.29) is 24.6 Å². The number of ether oxygens (including phenoxy) is 1. The highest BCUT2D eigenvalue weighted by atomic mass is 16.5. The predicted molar refractivity (Wildman–Crippen MR) is 93.4 cm³/mol. The van der Waals surface area contributed by atoms with Crippen LogP contribution >= 0.6 is 0 Å². The molecule has 0 saturated carbocycles. The molecule has 1 aliphatic heterocycles. The molecule has 1 aliphatic rings. The number of hydrogen-bond donors (Lipinski definition) is 3. The number of carbonyl (C=O) groups is 1. The van der Waals surface area contributed by atoms with Gasteiger partial charge in [-0.25, -0.2) is 0 Å². The second kappa shape index (κ2) is 8.70. The highest BCUT2D eigenvalue weighted by Crippen LogP contribution is 2.22. The summed E-state index contributed by atoms with van der Waals surface area (Å²) >= 11 is 0. The van der Waals surface area contributed by atoms with Gasteiger partial charge in [0, 0.05) is 36.3 Å². The molecule has 6 heteroatoms. The lowest BCUT2D eigenvalue weighted by atomic mass is 10.1. The first-order chi connectivity index (χ1) is 11.5. The summed E-state index contributed by atoms with van der Waals surface area (Å²) in [6.07, 6.45) is 0.882. The van der Waals surface area contributed by atoms with Crippen molar-refractivity contribution in [2.45, 2.75) is 38.4 Å². The number of aliphatic hydroxyl groups is 1. The van der Waals surface area contributed by atoms with Crippen LogP contribution in [0.25, 0.3) is 0 Å². The number of rotatable bonds is 7. The zero-order valence-corrected chi connectivity index (χ0v) is 14.2. The molecule has 0 fully saturated rings. The number of para-hydroxylation sites is 1. The third-order valence-electron chi connectivity index (χ3n) is 4.17. The van der Waals surface area contributed by atoms with Gasteiger partial charge in [-0.15, -0.1) is 0 Å². The first-order valence-corrected chi connectivity index (χ1v) is 8.31. The number of aliphatic hydroxyl groups excluding tert-OH is 1. The zero-order valence-electron chi connectivity index (χ0n) is 14.2. The van der Waals surface area contributed by atoms with Gasteiger partial charge in [-0.1, -0.05) is 24.8 Å². The number of amides is 1. The molecule has 0 spiro atoms. The fourth-order valence-electron chi connectivity index (χ4n) is 2.60. The monoisotopic (exact) mass is 333 g/mol. The normalized spacial score (nSPS) is 16.4. The molecule has 1 aromatic carbocycles. The molecular formula is C18H27N3O3. The Morgan fingerprint density at radius 3 is 2.96 bits per heavy atom. The van der Waals surface area contributed by atoms with E-state index < -0.39 is 0 Å². The highest BCUT2D eigenvalue weighted by molar-refractivity contribution is 5.76. The van der Waals surface area contributed by atoms with Gasteiger partial charge in [-0.3, -0.25) is 4.79 Å². The lowest BCUT2D eigenvalue weighted by Gasteiger charge is -2.23. The maximum atomic E-state index is 12.5. The summed E-state index contributed by atoms with van der Waals surface area (Å²) in [5.41, 5.74) is 7.43. The van der Waals surface area contributed by atoms with Crippen LogP contribution in [0.2, 0.25) is 0 Å². The third kappa shape index (κ3) is 4.97. The summed E-state index contributed by atoms with van der Waals surface area (Å²) in [5.74, 6) is 0.901. The van der Waals surface area contributed by atoms with Crippen molar-refractivity contribution in [3.63, 3.8) is 0 Å². The standard InChI is InChI=1S/C18H27N3O3/c1-13(19)14(2)20-16(12-22)7-8-18(23)21-9-10-24-17-6-4-3-5-15(17)11-21/h3-6,13,16,20,22H,2,7-12,19H2,1H3/t13-,16-/m0/s1. The Balaban J connectivity index is 1.88. The molecule has 6 nitrogen and oxygen atoms in total. The van der Waals surface area contributed by atoms with E-state index in [1.165, 1.54) is 0 Å². The highest BCUT2D eigenvalue weighted by Gasteiger charge is 2.20. The van der Waals surface area contributed by atoms with E-state index in [2.05, 4.69) is 11.9 Å². The Kier molecular flexibility index (Phi) is 6.63. The summed E-state index contributed by atoms with van der Waals surface area (Å²) in [7, 11) is 0. The van der Waals surface area contributed by atoms with Gasteiger partial charge in [0.25, 0.3) is 0 Å². The molecule has 0 saturated heterocycles. The number of nitrogens with two attached hydrogens (primary N) is 1. The number of fused-ring (bicyclic) bond motifs is 1. The van der Waals surface area contributed by atoms with Gasteiger partial charge >= 0.3 is 0 Å². The molecule has 0 bridgehead atoms. The quantitative estimate of drug-likeness (QED) is 0.693. The Morgan fingerprint density at radius 2 is 2.25 bits per heavy atom. The third-order valence-corrected chi connectivity index (χ3v) is 4.17. The topological polar surface area (TPSA) is 87.8 Å². The van der Waals surface area contributed by atoms with Crippen molar-refractivity contribution < 1.29 is 14.6 Å². The number of nitrogens with one attached hydrogen (secondary N) is 1. The maximum Gasteiger partial charge on any atom is 0.223 e. The smallest absolute Gasteiger partial charge is 0.223 e. The minimum absolute atomic E-state index is 0.0574. The number of benzene rings is 1. The Hall–Kier alpha value is -2.05. The zero-order chi connectivity index (χ0) is 17.5. The molecule has 24 heavy (non-hydrogen) atoms. The largest absolute Gasteiger partial charge is 0.491 e. The molecule has 0 aromatic heterocycles. The molecule has 0 unspecified atom stereocenters. The minimum atomic E-state index is -0.219. The van der Waals surface area contributed by atoms with Crippen LogP contribution in [0.3, 0.4) is 0 Å². The summed E-state index contributed by atoms with van der Waals surface area (Å²) in [4.78, 5) is 14.3. The van der Waals surface area contributed by atoms with E-state index in [9.17, 15) is 9.90 Å². The lowest BCUT2D eigenvalue weighted by Crippen LogP contribution is -2.39. The van der Waals surface area contributed by atoms with E-state index in [4.69, 9.17) is 10.5 Å². The van der Waals surface area contributed by atoms with Gasteiger partial charge in [0.05, 0.1) is 13.2 Å². The van der Waals surface area contributed by atoms with E-state index in [1.807, 2.05) is 31.2 Å². The van der Waals surface area contributed by atoms with Gasteiger partial charge in [0.1, 0.15) is 12.4 Å². The van der Waals surface area contributed by atoms with Gasteiger partial charge < -0.3 is 25.8 Å². The average Bonchev–Trinajstić information content (AvgIpc) is 2.80. The fourth-order valence-corrected chi connectivity index (χ4v) is 2.60.